The van der Waals surface area contributed by atoms with E-state index in [0.717, 1.165) is 26.1 Å². The van der Waals surface area contributed by atoms with Crippen LogP contribution < -0.4 is 0 Å². The van der Waals surface area contributed by atoms with Crippen molar-refractivity contribution >= 4 is 36.2 Å². The Morgan fingerprint density at radius 3 is 1.43 bits per heavy atom. The highest BCUT2D eigenvalue weighted by molar-refractivity contribution is 7.98. The highest BCUT2D eigenvalue weighted by atomic mass is 32.2. The highest BCUT2D eigenvalue weighted by Crippen LogP contribution is 2.24. The first-order chi connectivity index (χ1) is 21.0. The first kappa shape index (κ1) is 33.0. The topological polar surface area (TPSA) is 48.4 Å². The molecular formula is C35H40N6S3. The maximum atomic E-state index is 5.27. The Balaban J connectivity index is 0.000000151. The van der Waals surface area contributed by atoms with Crippen molar-refractivity contribution in [3.8, 4) is 33.8 Å². The minimum absolute atomic E-state index is 0.751. The largest absolute Gasteiger partial charge is 0.337 e. The molecule has 0 fully saturated rings. The molecule has 0 atom stereocenters. The van der Waals surface area contributed by atoms with Crippen LogP contribution >= 0.6 is 36.2 Å². The monoisotopic (exact) mass is 640 g/mol. The Kier molecular flexibility index (Phi) is 11.0. The zero-order valence-corrected chi connectivity index (χ0v) is 29.1. The van der Waals surface area contributed by atoms with Gasteiger partial charge in [-0.2, -0.15) is 0 Å². The molecule has 44 heavy (non-hydrogen) atoms. The Morgan fingerprint density at radius 1 is 0.614 bits per heavy atom. The van der Waals surface area contributed by atoms with Gasteiger partial charge in [0.05, 0.1) is 23.3 Å². The predicted octanol–water partition coefficient (Wildman–Crippen LogP) is 9.24. The van der Waals surface area contributed by atoms with Crippen molar-refractivity contribution in [1.82, 2.24) is 28.2 Å². The van der Waals surface area contributed by atoms with Gasteiger partial charge in [-0.15, -0.1) is 0 Å². The third-order valence-corrected chi connectivity index (χ3v) is 9.13. The fourth-order valence-electron chi connectivity index (χ4n) is 4.67. The first-order valence-electron chi connectivity index (χ1n) is 14.2. The number of benzene rings is 3. The van der Waals surface area contributed by atoms with E-state index in [2.05, 4.69) is 114 Å². The number of rotatable bonds is 4. The van der Waals surface area contributed by atoms with Crippen molar-refractivity contribution in [2.75, 3.05) is 6.26 Å². The summed E-state index contributed by atoms with van der Waals surface area (Å²) in [6.07, 6.45) is 7.97. The second kappa shape index (κ2) is 14.7. The minimum Gasteiger partial charge on any atom is -0.337 e. The maximum absolute atomic E-state index is 5.27. The molecule has 0 saturated carbocycles. The molecule has 0 spiro atoms. The predicted molar refractivity (Wildman–Crippen MR) is 191 cm³/mol. The second-order valence-corrected chi connectivity index (χ2v) is 12.3. The molecule has 0 unspecified atom stereocenters. The van der Waals surface area contributed by atoms with Gasteiger partial charge in [0.15, 0.2) is 14.7 Å². The van der Waals surface area contributed by atoms with Crippen molar-refractivity contribution < 1.29 is 0 Å². The van der Waals surface area contributed by atoms with Gasteiger partial charge < -0.3 is 23.3 Å². The zero-order chi connectivity index (χ0) is 32.0. The molecule has 0 saturated heterocycles. The summed E-state index contributed by atoms with van der Waals surface area (Å²) in [5, 5.41) is 1.05. The van der Waals surface area contributed by atoms with Crippen LogP contribution in [0.2, 0.25) is 0 Å². The van der Waals surface area contributed by atoms with Gasteiger partial charge >= 0.3 is 0 Å². The number of aromatic nitrogens is 6. The quantitative estimate of drug-likeness (QED) is 0.154. The summed E-state index contributed by atoms with van der Waals surface area (Å²) in [6, 6.07) is 25.4. The molecule has 0 aliphatic carbocycles. The number of thioether (sulfide) groups is 1. The fourth-order valence-corrected chi connectivity index (χ4v) is 5.51. The highest BCUT2D eigenvalue weighted by Gasteiger charge is 2.07. The molecule has 0 aliphatic rings. The molecule has 228 valence electrons. The summed E-state index contributed by atoms with van der Waals surface area (Å²) in [4.78, 5) is 7.39. The van der Waals surface area contributed by atoms with Crippen LogP contribution in [0.15, 0.2) is 96.5 Å². The fraction of sp³-hybridized carbons (Fsp3) is 0.229. The van der Waals surface area contributed by atoms with E-state index in [1.54, 1.807) is 11.8 Å². The number of nitrogens with one attached hydrogen (secondary N) is 1. The number of hydrogen-bond acceptors (Lipinski definition) is 4. The Labute approximate surface area is 275 Å². The van der Waals surface area contributed by atoms with Crippen LogP contribution in [0, 0.1) is 30.3 Å². The van der Waals surface area contributed by atoms with Crippen LogP contribution in [0.3, 0.4) is 0 Å². The number of aromatic amines is 1. The van der Waals surface area contributed by atoms with Crippen molar-refractivity contribution in [3.63, 3.8) is 0 Å². The molecule has 3 aromatic heterocycles. The molecule has 6 rings (SSSR count). The van der Waals surface area contributed by atoms with E-state index in [1.807, 2.05) is 60.5 Å². The van der Waals surface area contributed by atoms with Gasteiger partial charge in [-0.3, -0.25) is 0 Å². The summed E-state index contributed by atoms with van der Waals surface area (Å²) in [7, 11) is 7.99. The molecule has 1 N–H and O–H groups in total. The lowest BCUT2D eigenvalue weighted by molar-refractivity contribution is 0.798. The van der Waals surface area contributed by atoms with Crippen LogP contribution in [0.25, 0.3) is 33.8 Å². The molecule has 0 amide bonds. The zero-order valence-electron chi connectivity index (χ0n) is 26.6. The molecule has 3 heterocycles. The average Bonchev–Trinajstić information content (AvgIpc) is 3.65. The van der Waals surface area contributed by atoms with Crippen LogP contribution in [0.5, 0.6) is 0 Å². The number of hydrogen-bond donors (Lipinski definition) is 1. The van der Waals surface area contributed by atoms with E-state index < -0.39 is 0 Å². The van der Waals surface area contributed by atoms with Crippen LogP contribution in [0.4, 0.5) is 0 Å². The second-order valence-electron chi connectivity index (χ2n) is 10.8. The molecule has 9 heteroatoms. The molecule has 6 aromatic rings. The molecule has 0 aliphatic heterocycles. The van der Waals surface area contributed by atoms with Crippen molar-refractivity contribution in [2.45, 2.75) is 25.9 Å². The summed E-state index contributed by atoms with van der Waals surface area (Å²) in [6.45, 7) is 6.27. The number of imidazole rings is 3. The van der Waals surface area contributed by atoms with Gasteiger partial charge in [0.1, 0.15) is 0 Å². The van der Waals surface area contributed by atoms with E-state index in [1.165, 1.54) is 39.1 Å². The van der Waals surface area contributed by atoms with Crippen molar-refractivity contribution in [2.24, 2.45) is 28.2 Å². The van der Waals surface area contributed by atoms with E-state index in [4.69, 9.17) is 24.4 Å². The Bertz CT molecular complexity index is 1930. The van der Waals surface area contributed by atoms with E-state index in [9.17, 15) is 0 Å². The van der Waals surface area contributed by atoms with Gasteiger partial charge in [0.25, 0.3) is 0 Å². The van der Waals surface area contributed by atoms with Crippen LogP contribution in [0.1, 0.15) is 16.7 Å². The Morgan fingerprint density at radius 2 is 1.07 bits per heavy atom. The molecule has 0 radical (unpaired) electrons. The normalized spacial score (nSPS) is 10.5. The third-order valence-electron chi connectivity index (χ3n) is 7.43. The molecular weight excluding hydrogens is 601 g/mol. The Hall–Kier alpha value is -3.92. The minimum atomic E-state index is 0.751. The van der Waals surface area contributed by atoms with Crippen molar-refractivity contribution in [1.29, 1.82) is 0 Å². The lowest BCUT2D eigenvalue weighted by Gasteiger charge is -2.04. The van der Waals surface area contributed by atoms with E-state index >= 15 is 0 Å². The lowest BCUT2D eigenvalue weighted by atomic mass is 10.1. The average molecular weight is 641 g/mol. The summed E-state index contributed by atoms with van der Waals surface area (Å²) in [5.74, 6) is 0. The lowest BCUT2D eigenvalue weighted by Crippen LogP contribution is -1.93. The van der Waals surface area contributed by atoms with Gasteiger partial charge in [0, 0.05) is 40.6 Å². The van der Waals surface area contributed by atoms with Crippen molar-refractivity contribution in [3.05, 3.63) is 118 Å². The standard InChI is InChI=1S/2C12H14N2S.C11H12N2S/c1-9-4-6-10(7-5-9)11-8-13-12(15-3)14(11)2;1-9-4-6-10(7-5-9)11-8-13(2)12(15)14(11)3;1-8-3-5-9(6-4-8)10-7-12-11(14)13(10)2/h2*4-8H,1-3H3;3-7H,1-2H3,(H,12,14). The van der Waals surface area contributed by atoms with Gasteiger partial charge in [-0.05, 0) is 68.2 Å². The van der Waals surface area contributed by atoms with Gasteiger partial charge in [0.2, 0.25) is 0 Å². The SMILES string of the molecule is CSc1ncc(-c2ccc(C)cc2)n1C.Cc1ccc(-c2c[nH]c(=S)n2C)cc1.Cc1ccc(-c2cn(C)c(=S)n2C)cc1. The van der Waals surface area contributed by atoms with Gasteiger partial charge in [-0.1, -0.05) is 101 Å². The van der Waals surface area contributed by atoms with Gasteiger partial charge in [-0.25, -0.2) is 4.98 Å². The number of aryl methyl sites for hydroxylation is 4. The summed E-state index contributed by atoms with van der Waals surface area (Å²) in [5.41, 5.74) is 10.9. The van der Waals surface area contributed by atoms with Crippen LogP contribution in [-0.4, -0.2) is 34.5 Å². The van der Waals surface area contributed by atoms with E-state index in [0.29, 0.717) is 0 Å². The molecule has 6 nitrogen and oxygen atoms in total. The molecule has 0 bridgehead atoms. The maximum Gasteiger partial charge on any atom is 0.179 e. The number of nitrogens with zero attached hydrogens (tertiary/aromatic N) is 5. The smallest absolute Gasteiger partial charge is 0.179 e. The summed E-state index contributed by atoms with van der Waals surface area (Å²) < 4.78 is 9.67. The third kappa shape index (κ3) is 7.77. The van der Waals surface area contributed by atoms with E-state index in [-0.39, 0.29) is 0 Å². The first-order valence-corrected chi connectivity index (χ1v) is 16.3. The molecule has 3 aromatic carbocycles. The van der Waals surface area contributed by atoms with Crippen LogP contribution in [-0.2, 0) is 28.2 Å². The number of H-pyrrole nitrogens is 1. The summed E-state index contributed by atoms with van der Waals surface area (Å²) >= 11 is 12.0.